The number of hydrogen-bond acceptors (Lipinski definition) is 1. The van der Waals surface area contributed by atoms with E-state index in [1.807, 2.05) is 13.0 Å². The molecular weight excluding hydrogens is 203 g/mol. The van der Waals surface area contributed by atoms with Gasteiger partial charge in [0, 0.05) is 0 Å². The zero-order valence-corrected chi connectivity index (χ0v) is 10.3. The standard InChI is InChI=1S/C14H21FO/c1-3-5-6-7-10-16-14-9-8-12(4-2)11-13(14)15/h8-9,11H,3-7,10H2,1-2H3. The van der Waals surface area contributed by atoms with Gasteiger partial charge in [0.25, 0.3) is 0 Å². The average Bonchev–Trinajstić information content (AvgIpc) is 2.30. The second-order valence-electron chi connectivity index (χ2n) is 4.03. The van der Waals surface area contributed by atoms with Gasteiger partial charge in [0.2, 0.25) is 0 Å². The van der Waals surface area contributed by atoms with Gasteiger partial charge >= 0.3 is 0 Å². The van der Waals surface area contributed by atoms with E-state index in [1.54, 1.807) is 12.1 Å². The predicted molar refractivity (Wildman–Crippen MR) is 65.4 cm³/mol. The Morgan fingerprint density at radius 1 is 1.12 bits per heavy atom. The quantitative estimate of drug-likeness (QED) is 0.626. The first kappa shape index (κ1) is 13.0. The van der Waals surface area contributed by atoms with E-state index < -0.39 is 0 Å². The second kappa shape index (κ2) is 7.26. The van der Waals surface area contributed by atoms with Gasteiger partial charge in [-0.15, -0.1) is 0 Å². The van der Waals surface area contributed by atoms with Crippen molar-refractivity contribution >= 4 is 0 Å². The van der Waals surface area contributed by atoms with Gasteiger partial charge in [-0.2, -0.15) is 0 Å². The van der Waals surface area contributed by atoms with Crippen molar-refractivity contribution in [3.8, 4) is 5.75 Å². The smallest absolute Gasteiger partial charge is 0.165 e. The summed E-state index contributed by atoms with van der Waals surface area (Å²) in [6.07, 6.45) is 5.45. The number of hydrogen-bond donors (Lipinski definition) is 0. The van der Waals surface area contributed by atoms with Crippen LogP contribution in [0.5, 0.6) is 5.75 Å². The van der Waals surface area contributed by atoms with Crippen LogP contribution in [0.4, 0.5) is 4.39 Å². The minimum Gasteiger partial charge on any atom is -0.491 e. The maximum Gasteiger partial charge on any atom is 0.165 e. The van der Waals surface area contributed by atoms with Crippen molar-refractivity contribution in [1.29, 1.82) is 0 Å². The lowest BCUT2D eigenvalue weighted by Gasteiger charge is -2.07. The van der Waals surface area contributed by atoms with Crippen LogP contribution in [0.1, 0.15) is 45.1 Å². The molecule has 2 heteroatoms. The molecule has 0 bridgehead atoms. The van der Waals surface area contributed by atoms with E-state index in [0.29, 0.717) is 12.4 Å². The third-order valence-corrected chi connectivity index (χ3v) is 2.66. The summed E-state index contributed by atoms with van der Waals surface area (Å²) < 4.78 is 18.9. The normalized spacial score (nSPS) is 10.4. The molecule has 1 nitrogen and oxygen atoms in total. The number of benzene rings is 1. The van der Waals surface area contributed by atoms with Crippen molar-refractivity contribution < 1.29 is 9.13 Å². The molecule has 0 atom stereocenters. The van der Waals surface area contributed by atoms with Gasteiger partial charge in [0.15, 0.2) is 11.6 Å². The largest absolute Gasteiger partial charge is 0.491 e. The Morgan fingerprint density at radius 3 is 2.56 bits per heavy atom. The molecule has 0 aliphatic heterocycles. The molecule has 0 fully saturated rings. The zero-order chi connectivity index (χ0) is 11.8. The van der Waals surface area contributed by atoms with E-state index in [2.05, 4.69) is 6.92 Å². The number of unbranched alkanes of at least 4 members (excludes halogenated alkanes) is 3. The van der Waals surface area contributed by atoms with E-state index in [-0.39, 0.29) is 5.82 Å². The molecule has 0 aliphatic carbocycles. The molecule has 1 rings (SSSR count). The highest BCUT2D eigenvalue weighted by Crippen LogP contribution is 2.19. The predicted octanol–water partition coefficient (Wildman–Crippen LogP) is 4.35. The molecular formula is C14H21FO. The summed E-state index contributed by atoms with van der Waals surface area (Å²) in [6, 6.07) is 5.21. The summed E-state index contributed by atoms with van der Waals surface area (Å²) >= 11 is 0. The molecule has 0 saturated carbocycles. The van der Waals surface area contributed by atoms with Crippen LogP contribution >= 0.6 is 0 Å². The fourth-order valence-corrected chi connectivity index (χ4v) is 1.59. The first-order valence-electron chi connectivity index (χ1n) is 6.19. The Bertz CT molecular complexity index is 310. The summed E-state index contributed by atoms with van der Waals surface area (Å²) in [6.45, 7) is 4.80. The molecule has 0 spiro atoms. The number of aryl methyl sites for hydroxylation is 1. The molecule has 0 unspecified atom stereocenters. The van der Waals surface area contributed by atoms with Crippen LogP contribution in [0.15, 0.2) is 18.2 Å². The summed E-state index contributed by atoms with van der Waals surface area (Å²) in [5, 5.41) is 0. The third-order valence-electron chi connectivity index (χ3n) is 2.66. The Labute approximate surface area is 97.6 Å². The van der Waals surface area contributed by atoms with Crippen molar-refractivity contribution in [1.82, 2.24) is 0 Å². The van der Waals surface area contributed by atoms with Crippen molar-refractivity contribution in [3.05, 3.63) is 29.6 Å². The highest BCUT2D eigenvalue weighted by Gasteiger charge is 2.03. The Kier molecular flexibility index (Phi) is 5.91. The van der Waals surface area contributed by atoms with Gasteiger partial charge in [-0.05, 0) is 30.5 Å². The lowest BCUT2D eigenvalue weighted by atomic mass is 10.1. The highest BCUT2D eigenvalue weighted by molar-refractivity contribution is 5.29. The Balaban J connectivity index is 2.36. The van der Waals surface area contributed by atoms with Gasteiger partial charge in [-0.25, -0.2) is 4.39 Å². The fourth-order valence-electron chi connectivity index (χ4n) is 1.59. The lowest BCUT2D eigenvalue weighted by Crippen LogP contribution is -1.99. The molecule has 0 heterocycles. The molecule has 1 aromatic rings. The maximum atomic E-state index is 13.5. The van der Waals surface area contributed by atoms with Crippen LogP contribution in [0, 0.1) is 5.82 Å². The average molecular weight is 224 g/mol. The van der Waals surface area contributed by atoms with E-state index in [9.17, 15) is 4.39 Å². The molecule has 0 amide bonds. The molecule has 0 saturated heterocycles. The van der Waals surface area contributed by atoms with Gasteiger partial charge in [0.05, 0.1) is 6.61 Å². The van der Waals surface area contributed by atoms with Gasteiger partial charge < -0.3 is 4.74 Å². The van der Waals surface area contributed by atoms with E-state index in [0.717, 1.165) is 24.8 Å². The minimum atomic E-state index is -0.241. The molecule has 0 aromatic heterocycles. The fraction of sp³-hybridized carbons (Fsp3) is 0.571. The van der Waals surface area contributed by atoms with Gasteiger partial charge in [-0.1, -0.05) is 39.2 Å². The van der Waals surface area contributed by atoms with Crippen molar-refractivity contribution in [3.63, 3.8) is 0 Å². The minimum absolute atomic E-state index is 0.241. The molecule has 0 radical (unpaired) electrons. The molecule has 0 aliphatic rings. The van der Waals surface area contributed by atoms with Crippen LogP contribution in [0.3, 0.4) is 0 Å². The van der Waals surface area contributed by atoms with Crippen LogP contribution < -0.4 is 4.74 Å². The Morgan fingerprint density at radius 2 is 1.94 bits per heavy atom. The van der Waals surface area contributed by atoms with Crippen molar-refractivity contribution in [2.45, 2.75) is 46.0 Å². The zero-order valence-electron chi connectivity index (χ0n) is 10.3. The lowest BCUT2D eigenvalue weighted by molar-refractivity contribution is 0.290. The first-order valence-corrected chi connectivity index (χ1v) is 6.19. The SMILES string of the molecule is CCCCCCOc1ccc(CC)cc1F. The number of halogens is 1. The molecule has 0 N–H and O–H groups in total. The molecule has 1 aromatic carbocycles. The van der Waals surface area contributed by atoms with Crippen LogP contribution in [-0.2, 0) is 6.42 Å². The highest BCUT2D eigenvalue weighted by atomic mass is 19.1. The molecule has 90 valence electrons. The maximum absolute atomic E-state index is 13.5. The topological polar surface area (TPSA) is 9.23 Å². The number of ether oxygens (including phenoxy) is 1. The summed E-state index contributed by atoms with van der Waals surface area (Å²) in [5.41, 5.74) is 1.01. The summed E-state index contributed by atoms with van der Waals surface area (Å²) in [4.78, 5) is 0. The summed E-state index contributed by atoms with van der Waals surface area (Å²) in [5.74, 6) is 0.142. The Hall–Kier alpha value is -1.05. The van der Waals surface area contributed by atoms with Crippen LogP contribution in [0.2, 0.25) is 0 Å². The third kappa shape index (κ3) is 4.21. The number of rotatable bonds is 7. The first-order chi connectivity index (χ1) is 7.77. The van der Waals surface area contributed by atoms with Crippen molar-refractivity contribution in [2.24, 2.45) is 0 Å². The van der Waals surface area contributed by atoms with E-state index in [1.165, 1.54) is 12.8 Å². The summed E-state index contributed by atoms with van der Waals surface area (Å²) in [7, 11) is 0. The van der Waals surface area contributed by atoms with Gasteiger partial charge in [0.1, 0.15) is 0 Å². The van der Waals surface area contributed by atoms with E-state index in [4.69, 9.17) is 4.74 Å². The van der Waals surface area contributed by atoms with Crippen molar-refractivity contribution in [2.75, 3.05) is 6.61 Å². The molecule has 16 heavy (non-hydrogen) atoms. The van der Waals surface area contributed by atoms with Crippen LogP contribution in [0.25, 0.3) is 0 Å². The second-order valence-corrected chi connectivity index (χ2v) is 4.03. The van der Waals surface area contributed by atoms with E-state index >= 15 is 0 Å². The van der Waals surface area contributed by atoms with Gasteiger partial charge in [-0.3, -0.25) is 0 Å². The monoisotopic (exact) mass is 224 g/mol. The van der Waals surface area contributed by atoms with Crippen LogP contribution in [-0.4, -0.2) is 6.61 Å².